The van der Waals surface area contributed by atoms with Crippen molar-refractivity contribution < 1.29 is 22.4 Å². The van der Waals surface area contributed by atoms with Gasteiger partial charge in [-0.1, -0.05) is 82.2 Å². The number of hydrogen-bond acceptors (Lipinski definition) is 4. The van der Waals surface area contributed by atoms with Crippen molar-refractivity contribution in [2.45, 2.75) is 37.8 Å². The first-order valence-corrected chi connectivity index (χ1v) is 16.0. The Hall–Kier alpha value is -4.02. The molecule has 4 aromatic rings. The highest BCUT2D eigenvalue weighted by molar-refractivity contribution is 9.10. The Kier molecular flexibility index (Phi) is 10.7. The molecule has 0 radical (unpaired) electrons. The Labute approximate surface area is 260 Å². The molecule has 0 aliphatic heterocycles. The van der Waals surface area contributed by atoms with E-state index in [0.717, 1.165) is 15.4 Å². The van der Waals surface area contributed by atoms with Crippen LogP contribution in [0, 0.1) is 12.7 Å². The first-order valence-electron chi connectivity index (χ1n) is 13.8. The maximum atomic E-state index is 14.3. The molecule has 1 unspecified atom stereocenters. The van der Waals surface area contributed by atoms with E-state index >= 15 is 0 Å². The minimum Gasteiger partial charge on any atom is -0.355 e. The number of hydrogen-bond donors (Lipinski definition) is 1. The second-order valence-corrected chi connectivity index (χ2v) is 12.8. The summed E-state index contributed by atoms with van der Waals surface area (Å²) >= 11 is 3.40. The summed E-state index contributed by atoms with van der Waals surface area (Å²) < 4.78 is 43.5. The number of rotatable bonds is 12. The van der Waals surface area contributed by atoms with Crippen LogP contribution in [0.5, 0.6) is 0 Å². The lowest BCUT2D eigenvalue weighted by atomic mass is 10.0. The van der Waals surface area contributed by atoms with Gasteiger partial charge in [0.05, 0.1) is 10.6 Å². The molecule has 1 atom stereocenters. The number of benzene rings is 4. The van der Waals surface area contributed by atoms with E-state index in [4.69, 9.17) is 0 Å². The number of nitrogens with one attached hydrogen (secondary N) is 1. The SMILES string of the molecule is CCNC(=O)C(Cc1ccccc1)N(Cc1ccc(F)cc1)C(=O)CN(c1cccc(Br)c1)S(=O)(=O)c1ccc(C)cc1. The van der Waals surface area contributed by atoms with Gasteiger partial charge in [0.25, 0.3) is 10.0 Å². The number of nitrogens with zero attached hydrogens (tertiary/aromatic N) is 2. The highest BCUT2D eigenvalue weighted by atomic mass is 79.9. The van der Waals surface area contributed by atoms with Gasteiger partial charge in [0.1, 0.15) is 18.4 Å². The minimum atomic E-state index is -4.19. The maximum absolute atomic E-state index is 14.3. The predicted molar refractivity (Wildman–Crippen MR) is 169 cm³/mol. The molecule has 4 rings (SSSR count). The van der Waals surface area contributed by atoms with E-state index in [2.05, 4.69) is 21.2 Å². The summed E-state index contributed by atoms with van der Waals surface area (Å²) in [5.41, 5.74) is 2.59. The zero-order valence-corrected chi connectivity index (χ0v) is 26.3. The molecule has 0 saturated heterocycles. The number of carbonyl (C=O) groups is 2. The van der Waals surface area contributed by atoms with Crippen LogP contribution in [0.3, 0.4) is 0 Å². The summed E-state index contributed by atoms with van der Waals surface area (Å²) in [5.74, 6) is -1.40. The van der Waals surface area contributed by atoms with Crippen LogP contribution in [-0.4, -0.2) is 44.3 Å². The van der Waals surface area contributed by atoms with Gasteiger partial charge in [-0.25, -0.2) is 12.8 Å². The Morgan fingerprint density at radius 1 is 0.884 bits per heavy atom. The van der Waals surface area contributed by atoms with Crippen LogP contribution in [0.25, 0.3) is 0 Å². The Morgan fingerprint density at radius 2 is 1.56 bits per heavy atom. The third-order valence-electron chi connectivity index (χ3n) is 6.87. The molecule has 0 aliphatic rings. The summed E-state index contributed by atoms with van der Waals surface area (Å²) in [6, 6.07) is 27.0. The minimum absolute atomic E-state index is 0.0283. The zero-order chi connectivity index (χ0) is 31.0. The van der Waals surface area contributed by atoms with E-state index in [1.54, 1.807) is 55.5 Å². The molecule has 0 bridgehead atoms. The molecule has 1 N–H and O–H groups in total. The van der Waals surface area contributed by atoms with Gasteiger partial charge in [-0.05, 0) is 67.4 Å². The summed E-state index contributed by atoms with van der Waals surface area (Å²) in [4.78, 5) is 29.2. The lowest BCUT2D eigenvalue weighted by molar-refractivity contribution is -0.140. The Morgan fingerprint density at radius 3 is 2.19 bits per heavy atom. The molecule has 0 aromatic heterocycles. The lowest BCUT2D eigenvalue weighted by Gasteiger charge is -2.34. The number of halogens is 2. The van der Waals surface area contributed by atoms with Gasteiger partial charge in [-0.15, -0.1) is 0 Å². The van der Waals surface area contributed by atoms with Gasteiger partial charge in [-0.2, -0.15) is 0 Å². The van der Waals surface area contributed by atoms with Gasteiger partial charge in [-0.3, -0.25) is 13.9 Å². The monoisotopic (exact) mass is 665 g/mol. The maximum Gasteiger partial charge on any atom is 0.264 e. The van der Waals surface area contributed by atoms with E-state index in [1.807, 2.05) is 37.3 Å². The molecule has 0 heterocycles. The molecule has 0 saturated carbocycles. The molecule has 224 valence electrons. The highest BCUT2D eigenvalue weighted by Crippen LogP contribution is 2.27. The molecule has 10 heteroatoms. The van der Waals surface area contributed by atoms with Crippen molar-refractivity contribution in [2.75, 3.05) is 17.4 Å². The largest absolute Gasteiger partial charge is 0.355 e. The molecule has 4 aromatic carbocycles. The van der Waals surface area contributed by atoms with Crippen LogP contribution >= 0.6 is 15.9 Å². The van der Waals surface area contributed by atoms with Gasteiger partial charge >= 0.3 is 0 Å². The second-order valence-electron chi connectivity index (χ2n) is 10.1. The number of aryl methyl sites for hydroxylation is 1. The fourth-order valence-electron chi connectivity index (χ4n) is 4.63. The van der Waals surface area contributed by atoms with Crippen molar-refractivity contribution in [1.82, 2.24) is 10.2 Å². The predicted octanol–water partition coefficient (Wildman–Crippen LogP) is 5.87. The second kappa shape index (κ2) is 14.4. The molecule has 7 nitrogen and oxygen atoms in total. The number of amides is 2. The number of carbonyl (C=O) groups excluding carboxylic acids is 2. The summed E-state index contributed by atoms with van der Waals surface area (Å²) in [6.45, 7) is 3.37. The summed E-state index contributed by atoms with van der Waals surface area (Å²) in [7, 11) is -4.19. The van der Waals surface area contributed by atoms with Gasteiger partial charge in [0, 0.05) is 24.0 Å². The lowest BCUT2D eigenvalue weighted by Crippen LogP contribution is -2.53. The zero-order valence-electron chi connectivity index (χ0n) is 23.9. The normalized spacial score (nSPS) is 11.9. The van der Waals surface area contributed by atoms with Gasteiger partial charge in [0.15, 0.2) is 0 Å². The first kappa shape index (κ1) is 31.9. The van der Waals surface area contributed by atoms with Crippen LogP contribution in [0.15, 0.2) is 112 Å². The standard InChI is InChI=1S/C33H33BrFN3O4S/c1-3-36-33(40)31(20-25-8-5-4-6-9-25)37(22-26-14-16-28(35)17-15-26)32(39)23-38(29-11-7-10-27(34)21-29)43(41,42)30-18-12-24(2)13-19-30/h4-19,21,31H,3,20,22-23H2,1-2H3,(H,36,40). The van der Waals surface area contributed by atoms with Crippen LogP contribution in [-0.2, 0) is 32.6 Å². The number of likely N-dealkylation sites (N-methyl/N-ethyl adjacent to an activating group) is 1. The van der Waals surface area contributed by atoms with E-state index in [0.29, 0.717) is 16.6 Å². The van der Waals surface area contributed by atoms with Crippen molar-refractivity contribution >= 4 is 43.5 Å². The molecule has 0 aliphatic carbocycles. The topological polar surface area (TPSA) is 86.8 Å². The van der Waals surface area contributed by atoms with Crippen LogP contribution in [0.4, 0.5) is 10.1 Å². The van der Waals surface area contributed by atoms with Crippen molar-refractivity contribution in [3.63, 3.8) is 0 Å². The summed E-state index contributed by atoms with van der Waals surface area (Å²) in [6.07, 6.45) is 0.196. The average Bonchev–Trinajstić information content (AvgIpc) is 2.99. The Bertz CT molecular complexity index is 1650. The molecule has 0 spiro atoms. The van der Waals surface area contributed by atoms with Gasteiger partial charge < -0.3 is 10.2 Å². The number of sulfonamides is 1. The smallest absolute Gasteiger partial charge is 0.264 e. The Balaban J connectivity index is 1.79. The molecular formula is C33H33BrFN3O4S. The average molecular weight is 667 g/mol. The quantitative estimate of drug-likeness (QED) is 0.205. The third kappa shape index (κ3) is 8.30. The fraction of sp³-hybridized carbons (Fsp3) is 0.212. The van der Waals surface area contributed by atoms with E-state index in [9.17, 15) is 22.4 Å². The third-order valence-corrected chi connectivity index (χ3v) is 9.15. The van der Waals surface area contributed by atoms with Crippen LogP contribution in [0.1, 0.15) is 23.6 Å². The van der Waals surface area contributed by atoms with Crippen LogP contribution < -0.4 is 9.62 Å². The van der Waals surface area contributed by atoms with Crippen molar-refractivity contribution in [2.24, 2.45) is 0 Å². The van der Waals surface area contributed by atoms with Crippen molar-refractivity contribution in [3.8, 4) is 0 Å². The van der Waals surface area contributed by atoms with Crippen molar-refractivity contribution in [1.29, 1.82) is 0 Å². The molecule has 2 amide bonds. The van der Waals surface area contributed by atoms with E-state index in [1.165, 1.54) is 29.2 Å². The molecule has 43 heavy (non-hydrogen) atoms. The van der Waals surface area contributed by atoms with Crippen molar-refractivity contribution in [3.05, 3.63) is 130 Å². The van der Waals surface area contributed by atoms with Crippen LogP contribution in [0.2, 0.25) is 0 Å². The first-order chi connectivity index (χ1) is 20.6. The fourth-order valence-corrected chi connectivity index (χ4v) is 6.42. The summed E-state index contributed by atoms with van der Waals surface area (Å²) in [5, 5.41) is 2.82. The van der Waals surface area contributed by atoms with E-state index in [-0.39, 0.29) is 29.5 Å². The number of anilines is 1. The molecule has 0 fully saturated rings. The highest BCUT2D eigenvalue weighted by Gasteiger charge is 2.34. The van der Waals surface area contributed by atoms with E-state index < -0.39 is 34.3 Å². The molecular weight excluding hydrogens is 633 g/mol. The van der Waals surface area contributed by atoms with Gasteiger partial charge in [0.2, 0.25) is 11.8 Å².